The molecule has 78 valence electrons. The molecule has 3 nitrogen and oxygen atoms in total. The summed E-state index contributed by atoms with van der Waals surface area (Å²) < 4.78 is 0. The first-order valence-electron chi connectivity index (χ1n) is 5.63. The van der Waals surface area contributed by atoms with Crippen LogP contribution in [-0.4, -0.2) is 49.1 Å². The Labute approximate surface area is 86.3 Å². The van der Waals surface area contributed by atoms with E-state index in [0.29, 0.717) is 5.92 Å². The molecule has 1 saturated heterocycles. The number of rotatable bonds is 2. The first kappa shape index (κ1) is 9.95. The van der Waals surface area contributed by atoms with Gasteiger partial charge in [-0.3, -0.25) is 4.90 Å². The number of nitrogens with zero attached hydrogens (tertiary/aromatic N) is 3. The summed E-state index contributed by atoms with van der Waals surface area (Å²) in [6.45, 7) is 4.38. The zero-order chi connectivity index (χ0) is 9.97. The Kier molecular flexibility index (Phi) is 3.05. The lowest BCUT2D eigenvalue weighted by Gasteiger charge is -2.40. The molecule has 0 amide bonds. The van der Waals surface area contributed by atoms with E-state index in [4.69, 9.17) is 0 Å². The van der Waals surface area contributed by atoms with Gasteiger partial charge < -0.3 is 4.90 Å². The molecule has 1 aliphatic carbocycles. The smallest absolute Gasteiger partial charge is 0.101 e. The van der Waals surface area contributed by atoms with Crippen molar-refractivity contribution in [2.45, 2.75) is 25.3 Å². The van der Waals surface area contributed by atoms with Gasteiger partial charge in [-0.15, -0.1) is 0 Å². The molecule has 1 heterocycles. The topological polar surface area (TPSA) is 30.3 Å². The molecule has 2 fully saturated rings. The van der Waals surface area contributed by atoms with Crippen LogP contribution in [0.4, 0.5) is 0 Å². The predicted molar refractivity (Wildman–Crippen MR) is 55.8 cm³/mol. The summed E-state index contributed by atoms with van der Waals surface area (Å²) in [5.41, 5.74) is 0. The van der Waals surface area contributed by atoms with Crippen molar-refractivity contribution in [2.75, 3.05) is 33.2 Å². The number of likely N-dealkylation sites (N-methyl/N-ethyl adjacent to an activating group) is 1. The first-order valence-corrected chi connectivity index (χ1v) is 5.63. The third-order valence-corrected chi connectivity index (χ3v) is 3.66. The fraction of sp³-hybridized carbons (Fsp3) is 0.909. The van der Waals surface area contributed by atoms with Crippen LogP contribution in [0.1, 0.15) is 19.3 Å². The standard InChI is InChI=1S/C11H19N3/c1-13-5-7-14(8-6-13)11(9-12)10-3-2-4-10/h10-11H,2-8H2,1H3. The van der Waals surface area contributed by atoms with Crippen LogP contribution in [0.2, 0.25) is 0 Å². The van der Waals surface area contributed by atoms with Crippen LogP contribution in [0.25, 0.3) is 0 Å². The molecule has 0 radical (unpaired) electrons. The molecular formula is C11H19N3. The van der Waals surface area contributed by atoms with E-state index in [2.05, 4.69) is 22.9 Å². The van der Waals surface area contributed by atoms with Crippen molar-refractivity contribution >= 4 is 0 Å². The molecule has 1 atom stereocenters. The van der Waals surface area contributed by atoms with Crippen LogP contribution >= 0.6 is 0 Å². The minimum absolute atomic E-state index is 0.206. The van der Waals surface area contributed by atoms with Gasteiger partial charge in [0.2, 0.25) is 0 Å². The normalized spacial score (nSPS) is 28.0. The fourth-order valence-electron chi connectivity index (χ4n) is 2.34. The molecule has 0 aromatic rings. The van der Waals surface area contributed by atoms with Gasteiger partial charge in [-0.1, -0.05) is 6.42 Å². The van der Waals surface area contributed by atoms with Crippen LogP contribution in [0.5, 0.6) is 0 Å². The average Bonchev–Trinajstić information content (AvgIpc) is 2.13. The third kappa shape index (κ3) is 1.92. The van der Waals surface area contributed by atoms with Crippen LogP contribution in [0.15, 0.2) is 0 Å². The van der Waals surface area contributed by atoms with E-state index in [9.17, 15) is 5.26 Å². The molecule has 0 aromatic carbocycles. The van der Waals surface area contributed by atoms with Crippen molar-refractivity contribution in [2.24, 2.45) is 5.92 Å². The van der Waals surface area contributed by atoms with E-state index in [1.807, 2.05) is 0 Å². The van der Waals surface area contributed by atoms with Crippen LogP contribution in [0, 0.1) is 17.2 Å². The molecule has 14 heavy (non-hydrogen) atoms. The Morgan fingerprint density at radius 1 is 1.21 bits per heavy atom. The molecular weight excluding hydrogens is 174 g/mol. The van der Waals surface area contributed by atoms with Gasteiger partial charge in [0, 0.05) is 26.2 Å². The first-order chi connectivity index (χ1) is 6.81. The maximum absolute atomic E-state index is 9.17. The molecule has 3 heteroatoms. The highest BCUT2D eigenvalue weighted by atomic mass is 15.3. The Morgan fingerprint density at radius 3 is 2.29 bits per heavy atom. The van der Waals surface area contributed by atoms with Crippen LogP contribution in [0.3, 0.4) is 0 Å². The largest absolute Gasteiger partial charge is 0.304 e. The number of nitriles is 1. The summed E-state index contributed by atoms with van der Waals surface area (Å²) in [4.78, 5) is 4.72. The molecule has 1 saturated carbocycles. The summed E-state index contributed by atoms with van der Waals surface area (Å²) in [5, 5.41) is 9.17. The van der Waals surface area contributed by atoms with Gasteiger partial charge in [0.05, 0.1) is 6.07 Å². The number of hydrogen-bond donors (Lipinski definition) is 0. The molecule has 0 aromatic heterocycles. The molecule has 2 rings (SSSR count). The van der Waals surface area contributed by atoms with Gasteiger partial charge in [0.15, 0.2) is 0 Å². The highest BCUT2D eigenvalue weighted by Gasteiger charge is 2.32. The average molecular weight is 193 g/mol. The lowest BCUT2D eigenvalue weighted by atomic mass is 9.79. The predicted octanol–water partition coefficient (Wildman–Crippen LogP) is 0.926. The van der Waals surface area contributed by atoms with E-state index >= 15 is 0 Å². The van der Waals surface area contributed by atoms with E-state index in [1.54, 1.807) is 0 Å². The second kappa shape index (κ2) is 4.29. The molecule has 1 aliphatic heterocycles. The Balaban J connectivity index is 1.89. The highest BCUT2D eigenvalue weighted by molar-refractivity contribution is 5.00. The molecule has 1 unspecified atom stereocenters. The number of hydrogen-bond acceptors (Lipinski definition) is 3. The summed E-state index contributed by atoms with van der Waals surface area (Å²) in [5.74, 6) is 0.670. The van der Waals surface area contributed by atoms with E-state index in [-0.39, 0.29) is 6.04 Å². The van der Waals surface area contributed by atoms with E-state index in [1.165, 1.54) is 19.3 Å². The zero-order valence-corrected chi connectivity index (χ0v) is 8.95. The molecule has 0 bridgehead atoms. The summed E-state index contributed by atoms with van der Waals surface area (Å²) >= 11 is 0. The van der Waals surface area contributed by atoms with Crippen LogP contribution in [-0.2, 0) is 0 Å². The van der Waals surface area contributed by atoms with Crippen molar-refractivity contribution < 1.29 is 0 Å². The van der Waals surface area contributed by atoms with Crippen molar-refractivity contribution in [1.29, 1.82) is 5.26 Å². The van der Waals surface area contributed by atoms with Gasteiger partial charge in [0.1, 0.15) is 6.04 Å². The molecule has 2 aliphatic rings. The lowest BCUT2D eigenvalue weighted by Crippen LogP contribution is -2.51. The van der Waals surface area contributed by atoms with Gasteiger partial charge >= 0.3 is 0 Å². The molecule has 0 spiro atoms. The quantitative estimate of drug-likeness (QED) is 0.653. The SMILES string of the molecule is CN1CCN(C(C#N)C2CCC2)CC1. The second-order valence-electron chi connectivity index (χ2n) is 4.60. The fourth-order valence-corrected chi connectivity index (χ4v) is 2.34. The van der Waals surface area contributed by atoms with Gasteiger partial charge in [0.25, 0.3) is 0 Å². The second-order valence-corrected chi connectivity index (χ2v) is 4.60. The minimum Gasteiger partial charge on any atom is -0.304 e. The van der Waals surface area contributed by atoms with Crippen molar-refractivity contribution in [1.82, 2.24) is 9.80 Å². The van der Waals surface area contributed by atoms with Gasteiger partial charge in [-0.25, -0.2) is 0 Å². The monoisotopic (exact) mass is 193 g/mol. The van der Waals surface area contributed by atoms with Crippen molar-refractivity contribution in [3.63, 3.8) is 0 Å². The molecule has 0 N–H and O–H groups in total. The van der Waals surface area contributed by atoms with Crippen LogP contribution < -0.4 is 0 Å². The zero-order valence-electron chi connectivity index (χ0n) is 8.95. The van der Waals surface area contributed by atoms with E-state index in [0.717, 1.165) is 26.2 Å². The Morgan fingerprint density at radius 2 is 1.86 bits per heavy atom. The van der Waals surface area contributed by atoms with Gasteiger partial charge in [-0.05, 0) is 25.8 Å². The third-order valence-electron chi connectivity index (χ3n) is 3.66. The highest BCUT2D eigenvalue weighted by Crippen LogP contribution is 2.32. The summed E-state index contributed by atoms with van der Waals surface area (Å²) in [6, 6.07) is 2.70. The van der Waals surface area contributed by atoms with Crippen molar-refractivity contribution in [3.8, 4) is 6.07 Å². The summed E-state index contributed by atoms with van der Waals surface area (Å²) in [6.07, 6.45) is 3.87. The lowest BCUT2D eigenvalue weighted by molar-refractivity contribution is 0.0815. The minimum atomic E-state index is 0.206. The van der Waals surface area contributed by atoms with E-state index < -0.39 is 0 Å². The summed E-state index contributed by atoms with van der Waals surface area (Å²) in [7, 11) is 2.15. The maximum Gasteiger partial charge on any atom is 0.101 e. The number of piperazine rings is 1. The Hall–Kier alpha value is -0.590. The Bertz CT molecular complexity index is 221. The van der Waals surface area contributed by atoms with Gasteiger partial charge in [-0.2, -0.15) is 5.26 Å². The van der Waals surface area contributed by atoms with Crippen molar-refractivity contribution in [3.05, 3.63) is 0 Å². The maximum atomic E-state index is 9.17.